The van der Waals surface area contributed by atoms with Gasteiger partial charge in [-0.3, -0.25) is 4.79 Å². The van der Waals surface area contributed by atoms with E-state index in [4.69, 9.17) is 4.42 Å². The zero-order valence-corrected chi connectivity index (χ0v) is 14.1. The van der Waals surface area contributed by atoms with Gasteiger partial charge in [0.2, 0.25) is 0 Å². The number of amides is 1. The maximum absolute atomic E-state index is 13.1. The van der Waals surface area contributed by atoms with Gasteiger partial charge in [0, 0.05) is 34.1 Å². The van der Waals surface area contributed by atoms with Crippen LogP contribution in [-0.2, 0) is 0 Å². The standard InChI is InChI=1S/C17H19BrN2O2/c1-10-14-8-11(18)2-5-15(14)22-16(10)17(21)20-12-3-4-13(20)9-19-7-6-12/h2,5,8,12-13,19H,3-4,6-7,9H2,1H3. The van der Waals surface area contributed by atoms with Crippen LogP contribution >= 0.6 is 15.9 Å². The van der Waals surface area contributed by atoms with Gasteiger partial charge in [-0.25, -0.2) is 0 Å². The van der Waals surface area contributed by atoms with Crippen molar-refractivity contribution in [3.8, 4) is 0 Å². The van der Waals surface area contributed by atoms with E-state index in [1.54, 1.807) is 0 Å². The molecule has 116 valence electrons. The molecule has 0 aliphatic carbocycles. The van der Waals surface area contributed by atoms with Crippen LogP contribution in [0, 0.1) is 6.92 Å². The first-order chi connectivity index (χ1) is 10.6. The Balaban J connectivity index is 1.75. The summed E-state index contributed by atoms with van der Waals surface area (Å²) >= 11 is 3.48. The van der Waals surface area contributed by atoms with Gasteiger partial charge in [0.05, 0.1) is 0 Å². The Bertz CT molecular complexity index is 726. The van der Waals surface area contributed by atoms with Crippen LogP contribution in [0.5, 0.6) is 0 Å². The van der Waals surface area contributed by atoms with Gasteiger partial charge in [-0.15, -0.1) is 0 Å². The van der Waals surface area contributed by atoms with Crippen LogP contribution in [0.3, 0.4) is 0 Å². The lowest BCUT2D eigenvalue weighted by atomic mass is 10.1. The molecule has 5 heteroatoms. The number of rotatable bonds is 1. The second kappa shape index (κ2) is 5.39. The summed E-state index contributed by atoms with van der Waals surface area (Å²) in [4.78, 5) is 15.2. The van der Waals surface area contributed by atoms with Gasteiger partial charge in [0.25, 0.3) is 5.91 Å². The number of hydrogen-bond donors (Lipinski definition) is 1. The molecule has 1 amide bonds. The van der Waals surface area contributed by atoms with Crippen LogP contribution in [0.15, 0.2) is 27.1 Å². The molecule has 1 N–H and O–H groups in total. The molecule has 4 nitrogen and oxygen atoms in total. The molecular weight excluding hydrogens is 344 g/mol. The smallest absolute Gasteiger partial charge is 0.290 e. The van der Waals surface area contributed by atoms with Crippen molar-refractivity contribution in [2.75, 3.05) is 13.1 Å². The molecule has 0 radical (unpaired) electrons. The van der Waals surface area contributed by atoms with Crippen molar-refractivity contribution in [3.63, 3.8) is 0 Å². The molecular formula is C17H19BrN2O2. The van der Waals surface area contributed by atoms with Gasteiger partial charge in [-0.05, 0) is 50.9 Å². The van der Waals surface area contributed by atoms with Gasteiger partial charge < -0.3 is 14.6 Å². The lowest BCUT2D eigenvalue weighted by Crippen LogP contribution is -2.42. The van der Waals surface area contributed by atoms with Crippen molar-refractivity contribution >= 4 is 32.8 Å². The third kappa shape index (κ3) is 2.18. The Labute approximate surface area is 138 Å². The Kier molecular flexibility index (Phi) is 3.50. The summed E-state index contributed by atoms with van der Waals surface area (Å²) in [5.74, 6) is 0.563. The molecule has 1 aromatic carbocycles. The van der Waals surface area contributed by atoms with Crippen LogP contribution in [-0.4, -0.2) is 36.0 Å². The zero-order chi connectivity index (χ0) is 15.3. The first kappa shape index (κ1) is 14.3. The van der Waals surface area contributed by atoms with Crippen LogP contribution in [0.4, 0.5) is 0 Å². The highest BCUT2D eigenvalue weighted by Gasteiger charge is 2.40. The highest BCUT2D eigenvalue weighted by atomic mass is 79.9. The number of halogens is 1. The molecule has 22 heavy (non-hydrogen) atoms. The summed E-state index contributed by atoms with van der Waals surface area (Å²) in [5.41, 5.74) is 1.72. The molecule has 1 aromatic heterocycles. The summed E-state index contributed by atoms with van der Waals surface area (Å²) < 4.78 is 6.90. The predicted octanol–water partition coefficient (Wildman–Crippen LogP) is 3.47. The molecule has 2 aliphatic heterocycles. The number of benzene rings is 1. The largest absolute Gasteiger partial charge is 0.451 e. The number of carbonyl (C=O) groups is 1. The first-order valence-corrected chi connectivity index (χ1v) is 8.66. The topological polar surface area (TPSA) is 45.5 Å². The average Bonchev–Trinajstić information content (AvgIpc) is 2.95. The lowest BCUT2D eigenvalue weighted by molar-refractivity contribution is 0.0649. The monoisotopic (exact) mass is 362 g/mol. The molecule has 2 aliphatic rings. The van der Waals surface area contributed by atoms with Gasteiger partial charge in [0.15, 0.2) is 5.76 Å². The summed E-state index contributed by atoms with van der Waals surface area (Å²) in [5, 5.41) is 4.45. The molecule has 4 rings (SSSR count). The van der Waals surface area contributed by atoms with E-state index >= 15 is 0 Å². The Hall–Kier alpha value is -1.33. The minimum Gasteiger partial charge on any atom is -0.451 e. The lowest BCUT2D eigenvalue weighted by Gasteiger charge is -2.27. The summed E-state index contributed by atoms with van der Waals surface area (Å²) in [6, 6.07) is 6.54. The van der Waals surface area contributed by atoms with E-state index in [2.05, 4.69) is 26.1 Å². The number of nitrogens with zero attached hydrogens (tertiary/aromatic N) is 1. The molecule has 2 bridgehead atoms. The first-order valence-electron chi connectivity index (χ1n) is 7.87. The van der Waals surface area contributed by atoms with E-state index in [0.717, 1.165) is 53.4 Å². The Morgan fingerprint density at radius 1 is 1.32 bits per heavy atom. The van der Waals surface area contributed by atoms with Gasteiger partial charge in [0.1, 0.15) is 5.58 Å². The second-order valence-corrected chi connectivity index (χ2v) is 7.20. The van der Waals surface area contributed by atoms with E-state index in [0.29, 0.717) is 17.8 Å². The van der Waals surface area contributed by atoms with Crippen molar-refractivity contribution in [1.82, 2.24) is 10.2 Å². The van der Waals surface area contributed by atoms with Crippen molar-refractivity contribution in [2.24, 2.45) is 0 Å². The minimum absolute atomic E-state index is 0.0565. The van der Waals surface area contributed by atoms with Crippen LogP contribution in [0.25, 0.3) is 11.0 Å². The van der Waals surface area contributed by atoms with Crippen LogP contribution in [0.1, 0.15) is 35.4 Å². The molecule has 3 heterocycles. The molecule has 2 unspecified atom stereocenters. The Morgan fingerprint density at radius 3 is 3.00 bits per heavy atom. The fourth-order valence-corrected chi connectivity index (χ4v) is 4.19. The number of aryl methyl sites for hydroxylation is 1. The molecule has 0 saturated carbocycles. The van der Waals surface area contributed by atoms with Crippen molar-refractivity contribution in [2.45, 2.75) is 38.3 Å². The van der Waals surface area contributed by atoms with E-state index in [1.165, 1.54) is 0 Å². The SMILES string of the molecule is Cc1c(C(=O)N2C3CCNCC2CC3)oc2ccc(Br)cc12. The fourth-order valence-electron chi connectivity index (χ4n) is 3.83. The van der Waals surface area contributed by atoms with Crippen LogP contribution < -0.4 is 5.32 Å². The fraction of sp³-hybridized carbons (Fsp3) is 0.471. The van der Waals surface area contributed by atoms with Crippen molar-refractivity contribution < 1.29 is 9.21 Å². The summed E-state index contributed by atoms with van der Waals surface area (Å²) in [7, 11) is 0. The Morgan fingerprint density at radius 2 is 2.14 bits per heavy atom. The second-order valence-electron chi connectivity index (χ2n) is 6.29. The molecule has 2 saturated heterocycles. The predicted molar refractivity (Wildman–Crippen MR) is 89.1 cm³/mol. The highest BCUT2D eigenvalue weighted by molar-refractivity contribution is 9.10. The van der Waals surface area contributed by atoms with Gasteiger partial charge in [-0.2, -0.15) is 0 Å². The number of carbonyl (C=O) groups excluding carboxylic acids is 1. The van der Waals surface area contributed by atoms with Gasteiger partial charge in [-0.1, -0.05) is 15.9 Å². The van der Waals surface area contributed by atoms with Crippen LogP contribution in [0.2, 0.25) is 0 Å². The van der Waals surface area contributed by atoms with E-state index in [1.807, 2.05) is 25.1 Å². The van der Waals surface area contributed by atoms with E-state index in [-0.39, 0.29) is 5.91 Å². The number of hydrogen-bond acceptors (Lipinski definition) is 3. The highest BCUT2D eigenvalue weighted by Crippen LogP contribution is 2.33. The number of nitrogens with one attached hydrogen (secondary N) is 1. The number of fused-ring (bicyclic) bond motifs is 3. The average molecular weight is 363 g/mol. The maximum Gasteiger partial charge on any atom is 0.290 e. The molecule has 2 fully saturated rings. The summed E-state index contributed by atoms with van der Waals surface area (Å²) in [6.45, 7) is 3.87. The van der Waals surface area contributed by atoms with Crippen molar-refractivity contribution in [1.29, 1.82) is 0 Å². The number of furan rings is 1. The van der Waals surface area contributed by atoms with Gasteiger partial charge >= 0.3 is 0 Å². The third-order valence-corrected chi connectivity index (χ3v) is 5.47. The third-order valence-electron chi connectivity index (χ3n) is 4.98. The molecule has 2 atom stereocenters. The quantitative estimate of drug-likeness (QED) is 0.844. The van der Waals surface area contributed by atoms with Crippen molar-refractivity contribution in [3.05, 3.63) is 34.0 Å². The zero-order valence-electron chi connectivity index (χ0n) is 12.6. The normalized spacial score (nSPS) is 24.7. The molecule has 0 spiro atoms. The maximum atomic E-state index is 13.1. The van der Waals surface area contributed by atoms with E-state index in [9.17, 15) is 4.79 Å². The summed E-state index contributed by atoms with van der Waals surface area (Å²) in [6.07, 6.45) is 3.24. The minimum atomic E-state index is 0.0565. The molecule has 2 aromatic rings. The van der Waals surface area contributed by atoms with E-state index < -0.39 is 0 Å².